The van der Waals surface area contributed by atoms with E-state index in [0.29, 0.717) is 0 Å². The Labute approximate surface area is 101 Å². The minimum Gasteiger partial charge on any atom is -0.443 e. The summed E-state index contributed by atoms with van der Waals surface area (Å²) in [5.41, 5.74) is 0.211. The van der Waals surface area contributed by atoms with Crippen LogP contribution < -0.4 is 4.90 Å². The Morgan fingerprint density at radius 3 is 2.31 bits per heavy atom. The predicted octanol–water partition coefficient (Wildman–Crippen LogP) is 3.62. The van der Waals surface area contributed by atoms with Crippen molar-refractivity contribution in [2.45, 2.75) is 26.4 Å². The van der Waals surface area contributed by atoms with Crippen molar-refractivity contribution < 1.29 is 9.53 Å². The van der Waals surface area contributed by atoms with E-state index >= 15 is 0 Å². The third kappa shape index (κ3) is 3.74. The number of para-hydroxylation sites is 1. The van der Waals surface area contributed by atoms with Crippen LogP contribution in [0.25, 0.3) is 0 Å². The molecule has 3 nitrogen and oxygen atoms in total. The second-order valence-electron chi connectivity index (χ2n) is 4.36. The van der Waals surface area contributed by atoms with Gasteiger partial charge in [0.25, 0.3) is 0 Å². The molecule has 88 valence electrons. The molecule has 1 aromatic carbocycles. The number of ether oxygens (including phenoxy) is 1. The van der Waals surface area contributed by atoms with Crippen molar-refractivity contribution in [3.05, 3.63) is 30.3 Å². The number of carbonyl (C=O) groups is 1. The van der Waals surface area contributed by atoms with E-state index in [9.17, 15) is 4.79 Å². The van der Waals surface area contributed by atoms with Crippen LogP contribution in [0.1, 0.15) is 20.8 Å². The van der Waals surface area contributed by atoms with Crippen LogP contribution in [-0.4, -0.2) is 17.7 Å². The number of halogens is 1. The Bertz CT molecular complexity index is 346. The van der Waals surface area contributed by atoms with E-state index in [1.807, 2.05) is 51.1 Å². The highest BCUT2D eigenvalue weighted by Gasteiger charge is 2.22. The van der Waals surface area contributed by atoms with Gasteiger partial charge in [-0.1, -0.05) is 18.2 Å². The van der Waals surface area contributed by atoms with E-state index in [1.54, 1.807) is 0 Å². The summed E-state index contributed by atoms with van der Waals surface area (Å²) in [7, 11) is 0. The number of benzene rings is 1. The molecule has 1 aromatic rings. The number of amides is 1. The molecule has 0 saturated heterocycles. The third-order valence-corrected chi connectivity index (χ3v) is 2.04. The van der Waals surface area contributed by atoms with Gasteiger partial charge in [-0.3, -0.25) is 4.90 Å². The first-order valence-corrected chi connectivity index (χ1v) is 5.59. The fourth-order valence-electron chi connectivity index (χ4n) is 1.15. The van der Waals surface area contributed by atoms with Crippen LogP contribution >= 0.6 is 11.6 Å². The van der Waals surface area contributed by atoms with Gasteiger partial charge >= 0.3 is 6.09 Å². The zero-order valence-electron chi connectivity index (χ0n) is 9.74. The first kappa shape index (κ1) is 12.8. The Hall–Kier alpha value is -1.22. The van der Waals surface area contributed by atoms with E-state index in [0.717, 1.165) is 5.69 Å². The summed E-state index contributed by atoms with van der Waals surface area (Å²) in [6, 6.07) is 9.26. The van der Waals surface area contributed by atoms with Crippen molar-refractivity contribution in [2.75, 3.05) is 10.9 Å². The lowest BCUT2D eigenvalue weighted by Gasteiger charge is -2.25. The number of anilines is 1. The average Bonchev–Trinajstić information content (AvgIpc) is 2.17. The summed E-state index contributed by atoms with van der Waals surface area (Å²) in [4.78, 5) is 13.2. The van der Waals surface area contributed by atoms with Crippen LogP contribution in [0.5, 0.6) is 0 Å². The predicted molar refractivity (Wildman–Crippen MR) is 65.9 cm³/mol. The van der Waals surface area contributed by atoms with Gasteiger partial charge in [-0.05, 0) is 32.9 Å². The van der Waals surface area contributed by atoms with Gasteiger partial charge in [0.2, 0.25) is 0 Å². The van der Waals surface area contributed by atoms with Crippen molar-refractivity contribution in [1.82, 2.24) is 0 Å². The molecule has 0 aliphatic heterocycles. The number of carbonyl (C=O) groups excluding carboxylic acids is 1. The Morgan fingerprint density at radius 2 is 1.88 bits per heavy atom. The summed E-state index contributed by atoms with van der Waals surface area (Å²) in [5.74, 6) is 0. The number of hydrogen-bond donors (Lipinski definition) is 0. The molecule has 0 aliphatic carbocycles. The van der Waals surface area contributed by atoms with Gasteiger partial charge in [0.15, 0.2) is 0 Å². The van der Waals surface area contributed by atoms with Gasteiger partial charge < -0.3 is 4.74 Å². The van der Waals surface area contributed by atoms with E-state index in [4.69, 9.17) is 16.3 Å². The molecule has 0 unspecified atom stereocenters. The maximum atomic E-state index is 11.8. The van der Waals surface area contributed by atoms with Crippen LogP contribution in [-0.2, 0) is 4.74 Å². The number of rotatable bonds is 2. The van der Waals surface area contributed by atoms with Gasteiger partial charge in [0.1, 0.15) is 11.6 Å². The lowest BCUT2D eigenvalue weighted by atomic mass is 10.2. The van der Waals surface area contributed by atoms with Crippen molar-refractivity contribution in [3.8, 4) is 0 Å². The van der Waals surface area contributed by atoms with Gasteiger partial charge in [-0.2, -0.15) is 0 Å². The normalized spacial score (nSPS) is 11.0. The molecular formula is C12H16ClNO2. The minimum atomic E-state index is -0.518. The summed E-state index contributed by atoms with van der Waals surface area (Å²) < 4.78 is 5.25. The molecular weight excluding hydrogens is 226 g/mol. The minimum absolute atomic E-state index is 0.0684. The zero-order valence-corrected chi connectivity index (χ0v) is 10.5. The quantitative estimate of drug-likeness (QED) is 0.585. The summed E-state index contributed by atoms with van der Waals surface area (Å²) in [6.45, 7) is 5.47. The average molecular weight is 242 g/mol. The lowest BCUT2D eigenvalue weighted by molar-refractivity contribution is 0.0587. The molecule has 0 aromatic heterocycles. The first-order valence-electron chi connectivity index (χ1n) is 5.05. The summed E-state index contributed by atoms with van der Waals surface area (Å²) in [6.07, 6.45) is -0.436. The number of nitrogens with zero attached hydrogens (tertiary/aromatic N) is 1. The van der Waals surface area contributed by atoms with Gasteiger partial charge in [0.05, 0.1) is 0 Å². The molecule has 0 heterocycles. The highest BCUT2D eigenvalue weighted by Crippen LogP contribution is 2.18. The number of hydrogen-bond acceptors (Lipinski definition) is 2. The molecule has 1 amide bonds. The second kappa shape index (κ2) is 5.21. The highest BCUT2D eigenvalue weighted by atomic mass is 35.5. The summed E-state index contributed by atoms with van der Waals surface area (Å²) >= 11 is 5.75. The first-order chi connectivity index (χ1) is 7.44. The van der Waals surface area contributed by atoms with Crippen LogP contribution in [0, 0.1) is 0 Å². The molecule has 0 radical (unpaired) electrons. The maximum Gasteiger partial charge on any atom is 0.415 e. The molecule has 0 saturated carbocycles. The van der Waals surface area contributed by atoms with Crippen molar-refractivity contribution >= 4 is 23.4 Å². The van der Waals surface area contributed by atoms with Crippen LogP contribution in [0.3, 0.4) is 0 Å². The second-order valence-corrected chi connectivity index (χ2v) is 4.60. The smallest absolute Gasteiger partial charge is 0.415 e. The molecule has 0 spiro atoms. The number of alkyl halides is 1. The fraction of sp³-hybridized carbons (Fsp3) is 0.417. The fourth-order valence-corrected chi connectivity index (χ4v) is 1.38. The SMILES string of the molecule is CC(C)(C)OC(=O)N(CCl)c1ccccc1. The summed E-state index contributed by atoms with van der Waals surface area (Å²) in [5, 5.41) is 0. The Kier molecular flexibility index (Phi) is 4.19. The monoisotopic (exact) mass is 241 g/mol. The van der Waals surface area contributed by atoms with Crippen molar-refractivity contribution in [1.29, 1.82) is 0 Å². The van der Waals surface area contributed by atoms with E-state index in [2.05, 4.69) is 0 Å². The van der Waals surface area contributed by atoms with Gasteiger partial charge in [-0.15, -0.1) is 11.6 Å². The molecule has 0 aliphatic rings. The Morgan fingerprint density at radius 1 is 1.31 bits per heavy atom. The highest BCUT2D eigenvalue weighted by molar-refractivity contribution is 6.21. The Balaban J connectivity index is 2.80. The van der Waals surface area contributed by atoms with E-state index in [1.165, 1.54) is 4.90 Å². The zero-order chi connectivity index (χ0) is 12.2. The van der Waals surface area contributed by atoms with Crippen molar-refractivity contribution in [2.24, 2.45) is 0 Å². The van der Waals surface area contributed by atoms with E-state index < -0.39 is 11.7 Å². The topological polar surface area (TPSA) is 29.5 Å². The van der Waals surface area contributed by atoms with Gasteiger partial charge in [0, 0.05) is 5.69 Å². The molecule has 1 rings (SSSR count). The largest absolute Gasteiger partial charge is 0.443 e. The molecule has 0 N–H and O–H groups in total. The van der Waals surface area contributed by atoms with Crippen molar-refractivity contribution in [3.63, 3.8) is 0 Å². The molecule has 0 fully saturated rings. The van der Waals surface area contributed by atoms with E-state index in [-0.39, 0.29) is 6.00 Å². The third-order valence-electron chi connectivity index (χ3n) is 1.80. The molecule has 4 heteroatoms. The van der Waals surface area contributed by atoms with Crippen LogP contribution in [0.15, 0.2) is 30.3 Å². The van der Waals surface area contributed by atoms with Gasteiger partial charge in [-0.25, -0.2) is 4.79 Å². The maximum absolute atomic E-state index is 11.8. The molecule has 0 atom stereocenters. The van der Waals surface area contributed by atoms with Crippen LogP contribution in [0.4, 0.5) is 10.5 Å². The van der Waals surface area contributed by atoms with Crippen LogP contribution in [0.2, 0.25) is 0 Å². The standard InChI is InChI=1S/C12H16ClNO2/c1-12(2,3)16-11(15)14(9-13)10-7-5-4-6-8-10/h4-8H,9H2,1-3H3. The molecule has 16 heavy (non-hydrogen) atoms. The lowest BCUT2D eigenvalue weighted by Crippen LogP contribution is -2.36. The molecule has 0 bridgehead atoms.